The van der Waals surface area contributed by atoms with Crippen LogP contribution in [-0.2, 0) is 4.74 Å². The zero-order valence-electron chi connectivity index (χ0n) is 12.9. The summed E-state index contributed by atoms with van der Waals surface area (Å²) in [7, 11) is 0. The van der Waals surface area contributed by atoms with Crippen molar-refractivity contribution in [3.05, 3.63) is 29.8 Å². The van der Waals surface area contributed by atoms with Crippen molar-refractivity contribution in [1.82, 2.24) is 0 Å². The van der Waals surface area contributed by atoms with Gasteiger partial charge in [0.2, 0.25) is 0 Å². The maximum absolute atomic E-state index is 11.0. The fourth-order valence-corrected chi connectivity index (χ4v) is 2.38. The monoisotopic (exact) mass is 357 g/mol. The van der Waals surface area contributed by atoms with Crippen molar-refractivity contribution in [3.8, 4) is 5.75 Å². The minimum Gasteiger partial charge on any atom is -0.494 e. The molecule has 1 unspecified atom stereocenters. The normalized spacial score (nSPS) is 12.8. The van der Waals surface area contributed by atoms with Crippen molar-refractivity contribution in [2.45, 2.75) is 45.1 Å². The largest absolute Gasteiger partial charge is 0.494 e. The van der Waals surface area contributed by atoms with E-state index in [0.29, 0.717) is 0 Å². The number of hydrogen-bond acceptors (Lipinski definition) is 3. The molecule has 4 nitrogen and oxygen atoms in total. The number of carbonyl (C=O) groups excluding carboxylic acids is 1. The van der Waals surface area contributed by atoms with Crippen LogP contribution >= 0.6 is 15.9 Å². The molecule has 0 saturated carbocycles. The molecule has 0 bridgehead atoms. The van der Waals surface area contributed by atoms with E-state index in [9.17, 15) is 4.79 Å². The molecule has 1 amide bonds. The number of nitrogens with two attached hydrogens (primary N) is 1. The number of carbonyl (C=O) groups is 1. The van der Waals surface area contributed by atoms with E-state index in [4.69, 9.17) is 15.2 Å². The smallest absolute Gasteiger partial charge is 0.405 e. The van der Waals surface area contributed by atoms with Crippen LogP contribution in [-0.4, -0.2) is 23.6 Å². The number of ether oxygens (including phenoxy) is 2. The summed E-state index contributed by atoms with van der Waals surface area (Å²) in [5, 5.41) is 1.00. The molecule has 1 aromatic carbocycles. The van der Waals surface area contributed by atoms with E-state index < -0.39 is 11.7 Å². The average molecular weight is 358 g/mol. The predicted molar refractivity (Wildman–Crippen MR) is 88.1 cm³/mol. The van der Waals surface area contributed by atoms with Gasteiger partial charge in [-0.15, -0.1) is 0 Å². The maximum Gasteiger partial charge on any atom is 0.405 e. The number of primary amides is 1. The molecular formula is C16H24BrNO3. The molecule has 21 heavy (non-hydrogen) atoms. The van der Waals surface area contributed by atoms with E-state index in [-0.39, 0.29) is 5.92 Å². The number of benzene rings is 1. The van der Waals surface area contributed by atoms with Crippen LogP contribution in [0.2, 0.25) is 0 Å². The minimum absolute atomic E-state index is 0.0347. The summed E-state index contributed by atoms with van der Waals surface area (Å²) in [5.41, 5.74) is 5.54. The lowest BCUT2D eigenvalue weighted by atomic mass is 9.86. The summed E-state index contributed by atoms with van der Waals surface area (Å²) in [5.74, 6) is 0.890. The zero-order valence-corrected chi connectivity index (χ0v) is 14.5. The summed E-state index contributed by atoms with van der Waals surface area (Å²) < 4.78 is 10.8. The van der Waals surface area contributed by atoms with Gasteiger partial charge in [-0.05, 0) is 44.4 Å². The summed E-state index contributed by atoms with van der Waals surface area (Å²) in [4.78, 5) is 11.0. The van der Waals surface area contributed by atoms with Crippen LogP contribution in [0.5, 0.6) is 5.75 Å². The quantitative estimate of drug-likeness (QED) is 0.559. The number of hydrogen-bond donors (Lipinski definition) is 1. The van der Waals surface area contributed by atoms with Gasteiger partial charge in [0.05, 0.1) is 6.61 Å². The first-order valence-corrected chi connectivity index (χ1v) is 8.26. The lowest BCUT2D eigenvalue weighted by Crippen LogP contribution is -2.36. The van der Waals surface area contributed by atoms with Crippen molar-refractivity contribution in [3.63, 3.8) is 0 Å². The van der Waals surface area contributed by atoms with Crippen molar-refractivity contribution < 1.29 is 14.3 Å². The second-order valence-electron chi connectivity index (χ2n) is 5.56. The van der Waals surface area contributed by atoms with Crippen LogP contribution in [0.1, 0.15) is 45.1 Å². The Kier molecular flexibility index (Phi) is 7.02. The van der Waals surface area contributed by atoms with Crippen molar-refractivity contribution in [2.75, 3.05) is 11.9 Å². The van der Waals surface area contributed by atoms with Gasteiger partial charge in [-0.1, -0.05) is 35.0 Å². The Morgan fingerprint density at radius 1 is 1.29 bits per heavy atom. The van der Waals surface area contributed by atoms with E-state index in [1.807, 2.05) is 45.0 Å². The standard InChI is InChI=1S/C16H24BrNO3/c1-12(16(2,3)21-15(18)19)13-6-8-14(9-7-13)20-11-5-4-10-17/h6-9,12H,4-5,10-11H2,1-3H3,(H2,18,19). The molecule has 0 aliphatic rings. The fourth-order valence-electron chi connectivity index (χ4n) is 1.99. The second kappa shape index (κ2) is 8.27. The zero-order chi connectivity index (χ0) is 15.9. The Labute approximate surface area is 135 Å². The van der Waals surface area contributed by atoms with Gasteiger partial charge in [0.1, 0.15) is 11.4 Å². The summed E-state index contributed by atoms with van der Waals surface area (Å²) in [6.45, 7) is 6.44. The van der Waals surface area contributed by atoms with E-state index >= 15 is 0 Å². The third-order valence-corrected chi connectivity index (χ3v) is 4.14. The number of rotatable bonds is 8. The van der Waals surface area contributed by atoms with E-state index in [2.05, 4.69) is 15.9 Å². The van der Waals surface area contributed by atoms with Crippen LogP contribution < -0.4 is 10.5 Å². The van der Waals surface area contributed by atoms with Gasteiger partial charge in [-0.25, -0.2) is 4.79 Å². The van der Waals surface area contributed by atoms with Gasteiger partial charge in [0.25, 0.3) is 0 Å². The highest BCUT2D eigenvalue weighted by atomic mass is 79.9. The summed E-state index contributed by atoms with van der Waals surface area (Å²) >= 11 is 3.40. The molecule has 118 valence electrons. The van der Waals surface area contributed by atoms with Crippen LogP contribution in [0, 0.1) is 0 Å². The second-order valence-corrected chi connectivity index (χ2v) is 6.35. The van der Waals surface area contributed by atoms with Crippen molar-refractivity contribution in [2.24, 2.45) is 5.73 Å². The van der Waals surface area contributed by atoms with E-state index in [0.717, 1.165) is 36.1 Å². The molecule has 0 aromatic heterocycles. The molecule has 0 saturated heterocycles. The first kappa shape index (κ1) is 17.8. The first-order chi connectivity index (χ1) is 9.86. The Hall–Kier alpha value is -1.23. The molecule has 1 atom stereocenters. The molecule has 5 heteroatoms. The summed E-state index contributed by atoms with van der Waals surface area (Å²) in [6, 6.07) is 7.88. The van der Waals surface area contributed by atoms with Gasteiger partial charge < -0.3 is 15.2 Å². The molecule has 0 radical (unpaired) electrons. The third kappa shape index (κ3) is 5.96. The van der Waals surface area contributed by atoms with Crippen LogP contribution in [0.4, 0.5) is 4.79 Å². The van der Waals surface area contributed by atoms with E-state index in [1.165, 1.54) is 0 Å². The maximum atomic E-state index is 11.0. The highest BCUT2D eigenvalue weighted by Gasteiger charge is 2.30. The predicted octanol–water partition coefficient (Wildman–Crippen LogP) is 4.22. The Morgan fingerprint density at radius 3 is 2.43 bits per heavy atom. The number of unbranched alkanes of at least 4 members (excludes halogenated alkanes) is 1. The molecular weight excluding hydrogens is 334 g/mol. The number of amides is 1. The molecule has 0 fully saturated rings. The molecule has 0 spiro atoms. The van der Waals surface area contributed by atoms with Crippen molar-refractivity contribution >= 4 is 22.0 Å². The van der Waals surface area contributed by atoms with Crippen molar-refractivity contribution in [1.29, 1.82) is 0 Å². The van der Waals surface area contributed by atoms with Gasteiger partial charge in [0.15, 0.2) is 0 Å². The molecule has 0 heterocycles. The number of halogens is 1. The van der Waals surface area contributed by atoms with Crippen LogP contribution in [0.3, 0.4) is 0 Å². The molecule has 2 N–H and O–H groups in total. The van der Waals surface area contributed by atoms with Crippen LogP contribution in [0.25, 0.3) is 0 Å². The molecule has 1 aromatic rings. The SMILES string of the molecule is CC(c1ccc(OCCCCBr)cc1)C(C)(C)OC(N)=O. The Morgan fingerprint density at radius 2 is 1.90 bits per heavy atom. The fraction of sp³-hybridized carbons (Fsp3) is 0.562. The van der Waals surface area contributed by atoms with Gasteiger partial charge in [0, 0.05) is 11.2 Å². The topological polar surface area (TPSA) is 61.6 Å². The average Bonchev–Trinajstić information content (AvgIpc) is 2.42. The third-order valence-electron chi connectivity index (χ3n) is 3.58. The van der Waals surface area contributed by atoms with Crippen LogP contribution in [0.15, 0.2) is 24.3 Å². The van der Waals surface area contributed by atoms with E-state index in [1.54, 1.807) is 0 Å². The van der Waals surface area contributed by atoms with Gasteiger partial charge in [-0.2, -0.15) is 0 Å². The Balaban J connectivity index is 2.62. The number of alkyl halides is 1. The highest BCUT2D eigenvalue weighted by Crippen LogP contribution is 2.31. The van der Waals surface area contributed by atoms with Gasteiger partial charge in [-0.3, -0.25) is 0 Å². The molecule has 0 aliphatic carbocycles. The summed E-state index contributed by atoms with van der Waals surface area (Å²) in [6.07, 6.45) is 1.38. The first-order valence-electron chi connectivity index (χ1n) is 7.14. The highest BCUT2D eigenvalue weighted by molar-refractivity contribution is 9.09. The van der Waals surface area contributed by atoms with Gasteiger partial charge >= 0.3 is 6.09 Å². The lowest BCUT2D eigenvalue weighted by Gasteiger charge is -2.31. The lowest BCUT2D eigenvalue weighted by molar-refractivity contribution is 0.0281. The Bertz CT molecular complexity index is 445. The minimum atomic E-state index is -0.751. The molecule has 0 aliphatic heterocycles. The molecule has 1 rings (SSSR count).